The molecule has 3 nitrogen and oxygen atoms in total. The molecule has 0 aliphatic heterocycles. The van der Waals surface area contributed by atoms with Crippen LogP contribution in [0.15, 0.2) is 12.4 Å². The summed E-state index contributed by atoms with van der Waals surface area (Å²) in [6.07, 6.45) is 5.81. The lowest BCUT2D eigenvalue weighted by atomic mass is 9.95. The maximum Gasteiger partial charge on any atom is 0.133 e. The molecule has 0 saturated heterocycles. The Morgan fingerprint density at radius 2 is 2.43 bits per heavy atom. The van der Waals surface area contributed by atoms with Crippen LogP contribution in [0.3, 0.4) is 0 Å². The molecule has 0 radical (unpaired) electrons. The van der Waals surface area contributed by atoms with E-state index in [9.17, 15) is 4.39 Å². The Hall–Kier alpha value is -0.900. The minimum atomic E-state index is -1.24. The van der Waals surface area contributed by atoms with E-state index in [0.29, 0.717) is 6.42 Å². The summed E-state index contributed by atoms with van der Waals surface area (Å²) in [6, 6.07) is 0. The Morgan fingerprint density at radius 1 is 1.71 bits per heavy atom. The topological polar surface area (TPSA) is 43.8 Å². The standard InChI is InChI=1S/C10H16FN3/c1-14-5-4-13-9(14)6-10(11,7-12)8-2-3-8/h4-5,8H,2-3,6-7,12H2,1H3. The molecule has 1 aromatic heterocycles. The quantitative estimate of drug-likeness (QED) is 0.783. The number of alkyl halides is 1. The van der Waals surface area contributed by atoms with E-state index in [-0.39, 0.29) is 12.5 Å². The van der Waals surface area contributed by atoms with Crippen molar-refractivity contribution in [2.75, 3.05) is 6.54 Å². The highest BCUT2D eigenvalue weighted by molar-refractivity contribution is 5.04. The van der Waals surface area contributed by atoms with Crippen molar-refractivity contribution in [1.29, 1.82) is 0 Å². The van der Waals surface area contributed by atoms with Gasteiger partial charge in [-0.1, -0.05) is 0 Å². The summed E-state index contributed by atoms with van der Waals surface area (Å²) >= 11 is 0. The van der Waals surface area contributed by atoms with Crippen molar-refractivity contribution in [2.24, 2.45) is 18.7 Å². The number of aromatic nitrogens is 2. The first-order valence-corrected chi connectivity index (χ1v) is 5.01. The average molecular weight is 197 g/mol. The van der Waals surface area contributed by atoms with Crippen LogP contribution in [0, 0.1) is 5.92 Å². The lowest BCUT2D eigenvalue weighted by Gasteiger charge is -2.22. The van der Waals surface area contributed by atoms with E-state index >= 15 is 0 Å². The molecule has 1 heterocycles. The van der Waals surface area contributed by atoms with Crippen molar-refractivity contribution in [1.82, 2.24) is 9.55 Å². The van der Waals surface area contributed by atoms with E-state index in [1.807, 2.05) is 17.8 Å². The highest BCUT2D eigenvalue weighted by atomic mass is 19.1. The molecule has 0 spiro atoms. The van der Waals surface area contributed by atoms with Crippen LogP contribution in [-0.2, 0) is 13.5 Å². The molecular weight excluding hydrogens is 181 g/mol. The van der Waals surface area contributed by atoms with E-state index in [2.05, 4.69) is 4.98 Å². The van der Waals surface area contributed by atoms with E-state index in [1.165, 1.54) is 0 Å². The van der Waals surface area contributed by atoms with E-state index in [4.69, 9.17) is 5.73 Å². The smallest absolute Gasteiger partial charge is 0.133 e. The number of aryl methyl sites for hydroxylation is 1. The maximum atomic E-state index is 14.3. The van der Waals surface area contributed by atoms with Crippen LogP contribution in [0.2, 0.25) is 0 Å². The predicted molar refractivity (Wildman–Crippen MR) is 52.5 cm³/mol. The molecule has 1 atom stereocenters. The Labute approximate surface area is 83.1 Å². The van der Waals surface area contributed by atoms with Crippen molar-refractivity contribution in [3.63, 3.8) is 0 Å². The summed E-state index contributed by atoms with van der Waals surface area (Å²) in [5.41, 5.74) is 4.27. The number of hydrogen-bond acceptors (Lipinski definition) is 2. The molecule has 0 amide bonds. The lowest BCUT2D eigenvalue weighted by Crippen LogP contribution is -2.38. The normalized spacial score (nSPS) is 20.8. The van der Waals surface area contributed by atoms with Gasteiger partial charge in [0.25, 0.3) is 0 Å². The Morgan fingerprint density at radius 3 is 2.86 bits per heavy atom. The van der Waals surface area contributed by atoms with Crippen LogP contribution in [0.25, 0.3) is 0 Å². The largest absolute Gasteiger partial charge is 0.338 e. The molecule has 1 unspecified atom stereocenters. The van der Waals surface area contributed by atoms with Crippen molar-refractivity contribution in [3.05, 3.63) is 18.2 Å². The average Bonchev–Trinajstić information content (AvgIpc) is 2.95. The molecule has 1 aromatic rings. The third kappa shape index (κ3) is 1.66. The van der Waals surface area contributed by atoms with Gasteiger partial charge in [0, 0.05) is 32.4 Å². The third-order valence-corrected chi connectivity index (χ3v) is 3.02. The van der Waals surface area contributed by atoms with Crippen LogP contribution < -0.4 is 5.73 Å². The van der Waals surface area contributed by atoms with Gasteiger partial charge in [0.2, 0.25) is 0 Å². The Kier molecular flexibility index (Phi) is 2.31. The highest BCUT2D eigenvalue weighted by Gasteiger charge is 2.45. The predicted octanol–water partition coefficient (Wildman–Crippen LogP) is 1.04. The van der Waals surface area contributed by atoms with Crippen molar-refractivity contribution in [2.45, 2.75) is 24.9 Å². The third-order valence-electron chi connectivity index (χ3n) is 3.02. The fraction of sp³-hybridized carbons (Fsp3) is 0.700. The fourth-order valence-corrected chi connectivity index (χ4v) is 1.81. The minimum Gasteiger partial charge on any atom is -0.338 e. The van der Waals surface area contributed by atoms with Gasteiger partial charge in [-0.25, -0.2) is 9.37 Å². The van der Waals surface area contributed by atoms with Gasteiger partial charge in [-0.15, -0.1) is 0 Å². The summed E-state index contributed by atoms with van der Waals surface area (Å²) in [7, 11) is 1.88. The number of rotatable bonds is 4. The molecule has 0 bridgehead atoms. The first-order chi connectivity index (χ1) is 6.65. The van der Waals surface area contributed by atoms with Crippen LogP contribution in [0.5, 0.6) is 0 Å². The van der Waals surface area contributed by atoms with Gasteiger partial charge in [0.1, 0.15) is 11.5 Å². The van der Waals surface area contributed by atoms with Crippen molar-refractivity contribution in [3.8, 4) is 0 Å². The molecule has 1 aliphatic carbocycles. The molecule has 2 N–H and O–H groups in total. The molecule has 2 rings (SSSR count). The lowest BCUT2D eigenvalue weighted by molar-refractivity contribution is 0.138. The van der Waals surface area contributed by atoms with E-state index in [1.54, 1.807) is 6.20 Å². The Bertz CT molecular complexity index is 319. The van der Waals surface area contributed by atoms with Crippen molar-refractivity contribution < 1.29 is 4.39 Å². The van der Waals surface area contributed by atoms with Crippen LogP contribution >= 0.6 is 0 Å². The van der Waals surface area contributed by atoms with Gasteiger partial charge in [0.15, 0.2) is 0 Å². The number of nitrogens with two attached hydrogens (primary N) is 1. The van der Waals surface area contributed by atoms with Gasteiger partial charge in [-0.2, -0.15) is 0 Å². The SMILES string of the molecule is Cn1ccnc1CC(F)(CN)C1CC1. The summed E-state index contributed by atoms with van der Waals surface area (Å²) in [4.78, 5) is 4.13. The zero-order chi connectivity index (χ0) is 10.2. The monoisotopic (exact) mass is 197 g/mol. The maximum absolute atomic E-state index is 14.3. The summed E-state index contributed by atoms with van der Waals surface area (Å²) in [5, 5.41) is 0. The summed E-state index contributed by atoms with van der Waals surface area (Å²) in [6.45, 7) is 0.102. The first kappa shape index (κ1) is 9.65. The molecule has 1 fully saturated rings. The molecule has 14 heavy (non-hydrogen) atoms. The van der Waals surface area contributed by atoms with Gasteiger partial charge in [-0.05, 0) is 18.8 Å². The summed E-state index contributed by atoms with van der Waals surface area (Å²) in [5.74, 6) is 0.939. The molecule has 1 aliphatic rings. The number of hydrogen-bond donors (Lipinski definition) is 1. The molecular formula is C10H16FN3. The highest BCUT2D eigenvalue weighted by Crippen LogP contribution is 2.43. The molecule has 4 heteroatoms. The summed E-state index contributed by atoms with van der Waals surface area (Å²) < 4.78 is 16.1. The minimum absolute atomic E-state index is 0.102. The zero-order valence-corrected chi connectivity index (χ0v) is 8.41. The number of imidazole rings is 1. The van der Waals surface area contributed by atoms with E-state index < -0.39 is 5.67 Å². The first-order valence-electron chi connectivity index (χ1n) is 5.01. The van der Waals surface area contributed by atoms with Crippen molar-refractivity contribution >= 4 is 0 Å². The van der Waals surface area contributed by atoms with Crippen LogP contribution in [0.4, 0.5) is 4.39 Å². The Balaban J connectivity index is 2.11. The van der Waals surface area contributed by atoms with Gasteiger partial charge < -0.3 is 10.3 Å². The zero-order valence-electron chi connectivity index (χ0n) is 8.41. The van der Waals surface area contributed by atoms with E-state index in [0.717, 1.165) is 18.7 Å². The number of nitrogens with zero attached hydrogens (tertiary/aromatic N) is 2. The molecule has 78 valence electrons. The second-order valence-corrected chi connectivity index (χ2v) is 4.14. The van der Waals surface area contributed by atoms with Crippen LogP contribution in [0.1, 0.15) is 18.7 Å². The van der Waals surface area contributed by atoms with Crippen LogP contribution in [-0.4, -0.2) is 21.8 Å². The van der Waals surface area contributed by atoms with Gasteiger partial charge in [0.05, 0.1) is 0 Å². The molecule has 0 aromatic carbocycles. The van der Waals surface area contributed by atoms with Gasteiger partial charge >= 0.3 is 0 Å². The fourth-order valence-electron chi connectivity index (χ4n) is 1.81. The van der Waals surface area contributed by atoms with Gasteiger partial charge in [-0.3, -0.25) is 0 Å². The number of halogens is 1. The molecule has 1 saturated carbocycles. The second kappa shape index (κ2) is 3.35. The second-order valence-electron chi connectivity index (χ2n) is 4.14.